The van der Waals surface area contributed by atoms with Gasteiger partial charge in [-0.2, -0.15) is 10.5 Å². The molecule has 178 valence electrons. The SMILES string of the molecule is N#CC1(c2ccccc(Br)c2=O)c2ccccc2C(C#N)([C@H]2C=C[C@H](Br)[C@@H](Br)[C@@H]2Br)c2ccccc21. The van der Waals surface area contributed by atoms with Crippen molar-refractivity contribution in [3.63, 3.8) is 0 Å². The van der Waals surface area contributed by atoms with E-state index in [9.17, 15) is 15.3 Å². The number of fused-ring (bicyclic) bond motifs is 2. The van der Waals surface area contributed by atoms with Gasteiger partial charge in [-0.25, -0.2) is 0 Å². The van der Waals surface area contributed by atoms with Crippen molar-refractivity contribution in [2.45, 2.75) is 25.3 Å². The molecule has 0 aromatic heterocycles. The number of nitriles is 2. The van der Waals surface area contributed by atoms with Crippen LogP contribution in [-0.4, -0.2) is 14.5 Å². The highest BCUT2D eigenvalue weighted by Gasteiger charge is 2.57. The summed E-state index contributed by atoms with van der Waals surface area (Å²) in [4.78, 5) is 13.7. The van der Waals surface area contributed by atoms with Gasteiger partial charge in [0.05, 0.1) is 16.6 Å². The highest BCUT2D eigenvalue weighted by atomic mass is 79.9. The Kier molecular flexibility index (Phi) is 6.89. The molecule has 3 aromatic rings. The van der Waals surface area contributed by atoms with Crippen molar-refractivity contribution in [2.24, 2.45) is 5.92 Å². The second-order valence-corrected chi connectivity index (χ2v) is 13.0. The van der Waals surface area contributed by atoms with Gasteiger partial charge in [-0.15, -0.1) is 0 Å². The Labute approximate surface area is 243 Å². The zero-order valence-electron chi connectivity index (χ0n) is 18.7. The Bertz CT molecular complexity index is 1490. The van der Waals surface area contributed by atoms with E-state index in [-0.39, 0.29) is 25.8 Å². The van der Waals surface area contributed by atoms with Crippen LogP contribution in [0.15, 0.2) is 94.2 Å². The third-order valence-corrected chi connectivity index (χ3v) is 12.5. The maximum absolute atomic E-state index is 13.6. The molecule has 0 N–H and O–H groups in total. The summed E-state index contributed by atoms with van der Waals surface area (Å²) in [5, 5.41) is 22.0. The Morgan fingerprint density at radius 1 is 0.667 bits per heavy atom. The second kappa shape index (κ2) is 9.69. The molecule has 0 bridgehead atoms. The molecule has 0 spiro atoms. The minimum atomic E-state index is -1.39. The number of hydrogen-bond donors (Lipinski definition) is 0. The summed E-state index contributed by atoms with van der Waals surface area (Å²) >= 11 is 14.8. The standard InChI is InChI=1S/C29H18Br4N2O/c30-23-14-13-21(25(32)26(23)33)28(15-34)17-7-1-3-9-19(17)29(16-35,20-10-4-2-8-18(20)28)22-11-5-6-12-24(31)27(22)36/h1-14,21,23,25-26H/t21-,23-,25+,26+,28?,29?/m0/s1. The van der Waals surface area contributed by atoms with Crippen LogP contribution < -0.4 is 5.43 Å². The van der Waals surface area contributed by atoms with Crippen molar-refractivity contribution in [1.29, 1.82) is 10.5 Å². The fourth-order valence-corrected chi connectivity index (χ4v) is 8.37. The predicted octanol–water partition coefficient (Wildman–Crippen LogP) is 7.27. The minimum Gasteiger partial charge on any atom is -0.288 e. The van der Waals surface area contributed by atoms with Crippen LogP contribution in [0.2, 0.25) is 0 Å². The molecule has 2 aliphatic carbocycles. The zero-order chi connectivity index (χ0) is 25.7. The van der Waals surface area contributed by atoms with Crippen LogP contribution in [0, 0.1) is 28.6 Å². The number of rotatable bonds is 2. The average Bonchev–Trinajstić information content (AvgIpc) is 3.07. The molecule has 0 radical (unpaired) electrons. The van der Waals surface area contributed by atoms with Crippen LogP contribution in [0.5, 0.6) is 0 Å². The van der Waals surface area contributed by atoms with Crippen LogP contribution in [0.3, 0.4) is 0 Å². The second-order valence-electron chi connectivity index (χ2n) is 8.93. The number of benzene rings is 2. The van der Waals surface area contributed by atoms with Crippen LogP contribution >= 0.6 is 63.7 Å². The van der Waals surface area contributed by atoms with E-state index in [1.807, 2.05) is 48.5 Å². The molecule has 0 aliphatic heterocycles. The topological polar surface area (TPSA) is 64.7 Å². The Hall–Kier alpha value is -2.03. The van der Waals surface area contributed by atoms with Crippen molar-refractivity contribution < 1.29 is 0 Å². The van der Waals surface area contributed by atoms with E-state index >= 15 is 0 Å². The van der Waals surface area contributed by atoms with E-state index in [1.165, 1.54) is 0 Å². The number of nitrogens with zero attached hydrogens (tertiary/aromatic N) is 2. The van der Waals surface area contributed by atoms with E-state index < -0.39 is 10.8 Å². The molecule has 3 aromatic carbocycles. The van der Waals surface area contributed by atoms with Gasteiger partial charge < -0.3 is 0 Å². The first-order chi connectivity index (χ1) is 17.3. The Balaban J connectivity index is 1.96. The van der Waals surface area contributed by atoms with Crippen LogP contribution in [0.1, 0.15) is 27.8 Å². The summed E-state index contributed by atoms with van der Waals surface area (Å²) in [6.45, 7) is 0. The smallest absolute Gasteiger partial charge is 0.198 e. The van der Waals surface area contributed by atoms with Gasteiger partial charge in [-0.1, -0.05) is 127 Å². The van der Waals surface area contributed by atoms with E-state index in [0.717, 1.165) is 11.1 Å². The van der Waals surface area contributed by atoms with Crippen molar-refractivity contribution in [2.75, 3.05) is 0 Å². The van der Waals surface area contributed by atoms with Gasteiger partial charge in [0.1, 0.15) is 10.8 Å². The van der Waals surface area contributed by atoms with Crippen LogP contribution in [-0.2, 0) is 10.8 Å². The van der Waals surface area contributed by atoms with Crippen LogP contribution in [0.25, 0.3) is 0 Å². The zero-order valence-corrected chi connectivity index (χ0v) is 25.1. The molecule has 0 saturated carbocycles. The van der Waals surface area contributed by atoms with Gasteiger partial charge in [0.25, 0.3) is 0 Å². The van der Waals surface area contributed by atoms with Crippen molar-refractivity contribution >= 4 is 63.7 Å². The van der Waals surface area contributed by atoms with Crippen molar-refractivity contribution in [1.82, 2.24) is 0 Å². The van der Waals surface area contributed by atoms with Gasteiger partial charge in [0, 0.05) is 26.0 Å². The van der Waals surface area contributed by atoms with E-state index in [4.69, 9.17) is 0 Å². The lowest BCUT2D eigenvalue weighted by atomic mass is 9.52. The quantitative estimate of drug-likeness (QED) is 0.206. The van der Waals surface area contributed by atoms with E-state index in [2.05, 4.69) is 88.0 Å². The summed E-state index contributed by atoms with van der Waals surface area (Å²) in [6.07, 6.45) is 4.16. The largest absolute Gasteiger partial charge is 0.288 e. The minimum absolute atomic E-state index is 0.0390. The Morgan fingerprint density at radius 2 is 1.17 bits per heavy atom. The average molecular weight is 730 g/mol. The molecule has 0 heterocycles. The molecular weight excluding hydrogens is 712 g/mol. The number of hydrogen-bond acceptors (Lipinski definition) is 3. The summed E-state index contributed by atoms with van der Waals surface area (Å²) in [6, 6.07) is 27.4. The van der Waals surface area contributed by atoms with Crippen molar-refractivity contribution in [3.8, 4) is 12.1 Å². The highest BCUT2D eigenvalue weighted by Crippen LogP contribution is 2.57. The fraction of sp³-hybridized carbons (Fsp3) is 0.207. The molecular formula is C29H18Br4N2O. The maximum Gasteiger partial charge on any atom is 0.198 e. The number of alkyl halides is 3. The number of allylic oxidation sites excluding steroid dienone is 2. The third kappa shape index (κ3) is 3.47. The lowest BCUT2D eigenvalue weighted by molar-refractivity contribution is 0.424. The first kappa shape index (κ1) is 25.6. The van der Waals surface area contributed by atoms with Crippen molar-refractivity contribution in [3.05, 3.63) is 127 Å². The lowest BCUT2D eigenvalue weighted by Gasteiger charge is -2.48. The van der Waals surface area contributed by atoms with E-state index in [1.54, 1.807) is 24.3 Å². The normalized spacial score (nSPS) is 30.4. The molecule has 0 saturated heterocycles. The van der Waals surface area contributed by atoms with Gasteiger partial charge in [-0.05, 0) is 44.3 Å². The van der Waals surface area contributed by atoms with Gasteiger partial charge in [0.2, 0.25) is 0 Å². The monoisotopic (exact) mass is 726 g/mol. The van der Waals surface area contributed by atoms with Gasteiger partial charge in [-0.3, -0.25) is 4.79 Å². The van der Waals surface area contributed by atoms with Gasteiger partial charge >= 0.3 is 0 Å². The third-order valence-electron chi connectivity index (χ3n) is 7.29. The molecule has 36 heavy (non-hydrogen) atoms. The number of halogens is 4. The molecule has 5 rings (SSSR count). The molecule has 7 heteroatoms. The maximum atomic E-state index is 13.6. The molecule has 4 atom stereocenters. The molecule has 2 aliphatic rings. The Morgan fingerprint density at radius 3 is 1.69 bits per heavy atom. The molecule has 0 fully saturated rings. The molecule has 0 amide bonds. The summed E-state index contributed by atoms with van der Waals surface area (Å²) < 4.78 is 0.380. The highest BCUT2D eigenvalue weighted by molar-refractivity contribution is 9.13. The van der Waals surface area contributed by atoms with Crippen LogP contribution in [0.4, 0.5) is 0 Å². The fourth-order valence-electron chi connectivity index (χ4n) is 5.69. The summed E-state index contributed by atoms with van der Waals surface area (Å²) in [5.41, 5.74) is 0.401. The van der Waals surface area contributed by atoms with Gasteiger partial charge in [0.15, 0.2) is 5.43 Å². The first-order valence-corrected chi connectivity index (χ1v) is 14.8. The summed E-state index contributed by atoms with van der Waals surface area (Å²) in [5.74, 6) is -0.245. The lowest BCUT2D eigenvalue weighted by Crippen LogP contribution is -2.51. The predicted molar refractivity (Wildman–Crippen MR) is 156 cm³/mol. The molecule has 0 unspecified atom stereocenters. The van der Waals surface area contributed by atoms with E-state index in [0.29, 0.717) is 21.2 Å². The summed E-state index contributed by atoms with van der Waals surface area (Å²) in [7, 11) is 0. The molecule has 3 nitrogen and oxygen atoms in total. The first-order valence-electron chi connectivity index (χ1n) is 11.3.